The van der Waals surface area contributed by atoms with E-state index < -0.39 is 0 Å². The lowest BCUT2D eigenvalue weighted by atomic mass is 10.1. The molecule has 0 spiro atoms. The average Bonchev–Trinajstić information content (AvgIpc) is 2.67. The van der Waals surface area contributed by atoms with Crippen LogP contribution in [0.5, 0.6) is 5.75 Å². The molecule has 0 aliphatic heterocycles. The van der Waals surface area contributed by atoms with Crippen LogP contribution < -0.4 is 10.1 Å². The summed E-state index contributed by atoms with van der Waals surface area (Å²) < 4.78 is 7.09. The largest absolute Gasteiger partial charge is 0.489 e. The maximum absolute atomic E-state index is 6.23. The molecule has 0 amide bonds. The van der Waals surface area contributed by atoms with Gasteiger partial charge in [0.15, 0.2) is 0 Å². The highest BCUT2D eigenvalue weighted by Gasteiger charge is 2.09. The second-order valence-corrected chi connectivity index (χ2v) is 7.47. The van der Waals surface area contributed by atoms with Gasteiger partial charge in [0.25, 0.3) is 0 Å². The lowest BCUT2D eigenvalue weighted by molar-refractivity contribution is 0.301. The summed E-state index contributed by atoms with van der Waals surface area (Å²) >= 11 is 9.78. The van der Waals surface area contributed by atoms with Crippen molar-refractivity contribution in [2.45, 2.75) is 26.1 Å². The Bertz CT molecular complexity index is 858. The van der Waals surface area contributed by atoms with Crippen molar-refractivity contribution in [2.24, 2.45) is 0 Å². The smallest absolute Gasteiger partial charge is 0.124 e. The minimum absolute atomic E-state index is 0. The van der Waals surface area contributed by atoms with Crippen LogP contribution in [0.25, 0.3) is 0 Å². The average molecular weight is 467 g/mol. The molecule has 3 rings (SSSR count). The summed E-state index contributed by atoms with van der Waals surface area (Å²) in [5, 5.41) is 4.29. The summed E-state index contributed by atoms with van der Waals surface area (Å²) in [5.41, 5.74) is 3.35. The minimum Gasteiger partial charge on any atom is -0.489 e. The molecule has 142 valence electrons. The third kappa shape index (κ3) is 6.25. The van der Waals surface area contributed by atoms with Gasteiger partial charge in [0, 0.05) is 33.2 Å². The van der Waals surface area contributed by atoms with E-state index >= 15 is 0 Å². The van der Waals surface area contributed by atoms with Gasteiger partial charge >= 0.3 is 0 Å². The zero-order valence-electron chi connectivity index (χ0n) is 15.0. The Morgan fingerprint density at radius 1 is 0.963 bits per heavy atom. The maximum atomic E-state index is 6.23. The van der Waals surface area contributed by atoms with Crippen molar-refractivity contribution in [1.82, 2.24) is 5.32 Å². The highest BCUT2D eigenvalue weighted by atomic mass is 79.9. The summed E-state index contributed by atoms with van der Waals surface area (Å²) in [5.74, 6) is 0.862. The Labute approximate surface area is 180 Å². The van der Waals surface area contributed by atoms with Crippen molar-refractivity contribution < 1.29 is 4.74 Å². The predicted molar refractivity (Wildman–Crippen MR) is 119 cm³/mol. The summed E-state index contributed by atoms with van der Waals surface area (Å²) in [6, 6.07) is 24.5. The first kappa shape index (κ1) is 21.8. The van der Waals surface area contributed by atoms with E-state index in [0.29, 0.717) is 13.2 Å². The Morgan fingerprint density at radius 3 is 2.41 bits per heavy atom. The molecular weight excluding hydrogens is 445 g/mol. The minimum atomic E-state index is 0. The molecule has 0 saturated heterocycles. The fraction of sp³-hybridized carbons (Fsp3) is 0.182. The second kappa shape index (κ2) is 10.7. The Hall–Kier alpha value is -1.52. The molecule has 0 bridgehead atoms. The molecule has 1 N–H and O–H groups in total. The molecule has 1 unspecified atom stereocenters. The molecule has 0 fully saturated rings. The van der Waals surface area contributed by atoms with E-state index in [2.05, 4.69) is 58.5 Å². The monoisotopic (exact) mass is 465 g/mol. The molecule has 0 aromatic heterocycles. The molecule has 3 aromatic rings. The van der Waals surface area contributed by atoms with Crippen molar-refractivity contribution in [3.8, 4) is 5.75 Å². The number of rotatable bonds is 7. The van der Waals surface area contributed by atoms with Gasteiger partial charge in [-0.05, 0) is 36.8 Å². The van der Waals surface area contributed by atoms with Gasteiger partial charge in [-0.3, -0.25) is 0 Å². The van der Waals surface area contributed by atoms with Gasteiger partial charge in [-0.2, -0.15) is 0 Å². The van der Waals surface area contributed by atoms with Gasteiger partial charge in [0.05, 0.1) is 0 Å². The third-order valence-corrected chi connectivity index (χ3v) is 5.12. The van der Waals surface area contributed by atoms with Crippen molar-refractivity contribution in [3.05, 3.63) is 99.0 Å². The molecule has 0 aliphatic carbocycles. The number of benzene rings is 3. The standard InChI is InChI=1S/C22H21BrClNO.ClH/c1-16(17-7-3-2-4-8-17)25-14-19-13-20(23)11-12-22(19)26-15-18-9-5-6-10-21(18)24;/h2-13,16,25H,14-15H2,1H3;1H. The van der Waals surface area contributed by atoms with Crippen molar-refractivity contribution in [2.75, 3.05) is 0 Å². The van der Waals surface area contributed by atoms with Gasteiger partial charge in [-0.1, -0.05) is 76.1 Å². The van der Waals surface area contributed by atoms with E-state index in [9.17, 15) is 0 Å². The summed E-state index contributed by atoms with van der Waals surface area (Å²) in [6.07, 6.45) is 0. The second-order valence-electron chi connectivity index (χ2n) is 6.15. The molecule has 5 heteroatoms. The van der Waals surface area contributed by atoms with E-state index in [1.807, 2.05) is 42.5 Å². The number of hydrogen-bond acceptors (Lipinski definition) is 2. The van der Waals surface area contributed by atoms with Crippen LogP contribution in [0.3, 0.4) is 0 Å². The van der Waals surface area contributed by atoms with E-state index in [0.717, 1.165) is 26.4 Å². The Morgan fingerprint density at radius 2 is 1.67 bits per heavy atom. The topological polar surface area (TPSA) is 21.3 Å². The Balaban J connectivity index is 0.00000261. The molecule has 2 nitrogen and oxygen atoms in total. The zero-order valence-corrected chi connectivity index (χ0v) is 18.2. The number of hydrogen-bond donors (Lipinski definition) is 1. The summed E-state index contributed by atoms with van der Waals surface area (Å²) in [4.78, 5) is 0. The van der Waals surface area contributed by atoms with Gasteiger partial charge in [-0.15, -0.1) is 12.4 Å². The molecular formula is C22H22BrCl2NO. The van der Waals surface area contributed by atoms with Gasteiger partial charge < -0.3 is 10.1 Å². The highest BCUT2D eigenvalue weighted by molar-refractivity contribution is 9.10. The SMILES string of the molecule is CC(NCc1cc(Br)ccc1OCc1ccccc1Cl)c1ccccc1.Cl. The highest BCUT2D eigenvalue weighted by Crippen LogP contribution is 2.26. The van der Waals surface area contributed by atoms with Gasteiger partial charge in [-0.25, -0.2) is 0 Å². The molecule has 0 aliphatic rings. The lowest BCUT2D eigenvalue weighted by Gasteiger charge is -2.17. The van der Waals surface area contributed by atoms with Crippen LogP contribution in [0.1, 0.15) is 29.7 Å². The fourth-order valence-electron chi connectivity index (χ4n) is 2.72. The molecule has 0 saturated carbocycles. The predicted octanol–water partition coefficient (Wildman–Crippen LogP) is 6.95. The first-order valence-electron chi connectivity index (χ1n) is 8.56. The quantitative estimate of drug-likeness (QED) is 0.406. The third-order valence-electron chi connectivity index (χ3n) is 4.26. The van der Waals surface area contributed by atoms with Crippen LogP contribution in [0.2, 0.25) is 5.02 Å². The summed E-state index contributed by atoms with van der Waals surface area (Å²) in [7, 11) is 0. The molecule has 1 atom stereocenters. The molecule has 27 heavy (non-hydrogen) atoms. The normalized spacial score (nSPS) is 11.5. The van der Waals surface area contributed by atoms with Crippen LogP contribution in [0, 0.1) is 0 Å². The van der Waals surface area contributed by atoms with E-state index in [1.165, 1.54) is 5.56 Å². The van der Waals surface area contributed by atoms with Crippen molar-refractivity contribution in [3.63, 3.8) is 0 Å². The Kier molecular flexibility index (Phi) is 8.65. The first-order chi connectivity index (χ1) is 12.6. The lowest BCUT2D eigenvalue weighted by Crippen LogP contribution is -2.18. The van der Waals surface area contributed by atoms with Crippen molar-refractivity contribution >= 4 is 39.9 Å². The van der Waals surface area contributed by atoms with Crippen LogP contribution in [-0.2, 0) is 13.2 Å². The van der Waals surface area contributed by atoms with Crippen LogP contribution in [0.4, 0.5) is 0 Å². The van der Waals surface area contributed by atoms with Gasteiger partial charge in [0.1, 0.15) is 12.4 Å². The van der Waals surface area contributed by atoms with Crippen LogP contribution >= 0.6 is 39.9 Å². The number of ether oxygens (including phenoxy) is 1. The van der Waals surface area contributed by atoms with E-state index in [4.69, 9.17) is 16.3 Å². The van der Waals surface area contributed by atoms with Crippen LogP contribution in [-0.4, -0.2) is 0 Å². The van der Waals surface area contributed by atoms with Crippen molar-refractivity contribution in [1.29, 1.82) is 0 Å². The summed E-state index contributed by atoms with van der Waals surface area (Å²) in [6.45, 7) is 3.33. The van der Waals surface area contributed by atoms with E-state index in [1.54, 1.807) is 0 Å². The zero-order chi connectivity index (χ0) is 18.4. The van der Waals surface area contributed by atoms with E-state index in [-0.39, 0.29) is 18.4 Å². The molecule has 3 aromatic carbocycles. The molecule has 0 heterocycles. The number of halogens is 3. The van der Waals surface area contributed by atoms with Crippen LogP contribution in [0.15, 0.2) is 77.3 Å². The fourth-order valence-corrected chi connectivity index (χ4v) is 3.32. The molecule has 0 radical (unpaired) electrons. The first-order valence-corrected chi connectivity index (χ1v) is 9.73. The number of nitrogens with one attached hydrogen (secondary N) is 1. The van der Waals surface area contributed by atoms with Gasteiger partial charge in [0.2, 0.25) is 0 Å². The maximum Gasteiger partial charge on any atom is 0.124 e.